The molecule has 0 radical (unpaired) electrons. The summed E-state index contributed by atoms with van der Waals surface area (Å²) in [6, 6.07) is 29.3. The molecule has 0 aromatic heterocycles. The van der Waals surface area contributed by atoms with E-state index < -0.39 is 12.7 Å². The molecule has 0 spiro atoms. The van der Waals surface area contributed by atoms with Gasteiger partial charge in [-0.3, -0.25) is 0 Å². The molecule has 0 fully saturated rings. The number of rotatable bonds is 14. The Morgan fingerprint density at radius 3 is 1.85 bits per heavy atom. The highest BCUT2D eigenvalue weighted by Gasteiger charge is 2.21. The van der Waals surface area contributed by atoms with Gasteiger partial charge in [-0.15, -0.1) is 0 Å². The summed E-state index contributed by atoms with van der Waals surface area (Å²) in [6.07, 6.45) is -0.124. The molecule has 3 aromatic rings. The molecular weight excluding hydrogens is 430 g/mol. The van der Waals surface area contributed by atoms with Crippen molar-refractivity contribution in [1.82, 2.24) is 0 Å². The molecule has 7 nitrogen and oxygen atoms in total. The molecule has 34 heavy (non-hydrogen) atoms. The Labute approximate surface area is 199 Å². The maximum Gasteiger partial charge on any atom is 0.133 e. The molecule has 1 atom stereocenters. The van der Waals surface area contributed by atoms with Gasteiger partial charge in [0.05, 0.1) is 25.5 Å². The molecule has 0 aliphatic carbocycles. The highest BCUT2D eigenvalue weighted by molar-refractivity contribution is 5.18. The van der Waals surface area contributed by atoms with E-state index in [4.69, 9.17) is 19.7 Å². The van der Waals surface area contributed by atoms with E-state index in [0.29, 0.717) is 32.0 Å². The molecule has 0 aliphatic heterocycles. The molecule has 0 saturated heterocycles. The van der Waals surface area contributed by atoms with Gasteiger partial charge in [-0.1, -0.05) is 96.1 Å². The summed E-state index contributed by atoms with van der Waals surface area (Å²) >= 11 is 0. The smallest absolute Gasteiger partial charge is 0.133 e. The van der Waals surface area contributed by atoms with E-state index in [0.717, 1.165) is 16.7 Å². The van der Waals surface area contributed by atoms with E-state index >= 15 is 0 Å². The van der Waals surface area contributed by atoms with Gasteiger partial charge in [0.25, 0.3) is 0 Å². The lowest BCUT2D eigenvalue weighted by Gasteiger charge is -2.23. The number of aliphatic hydroxyl groups is 1. The zero-order valence-corrected chi connectivity index (χ0v) is 19.0. The Hall–Kier alpha value is -3.61. The molecule has 0 saturated carbocycles. The molecule has 0 aliphatic rings. The van der Waals surface area contributed by atoms with E-state index in [2.05, 4.69) is 10.0 Å². The zero-order valence-electron chi connectivity index (χ0n) is 19.0. The molecule has 3 aromatic carbocycles. The van der Waals surface area contributed by atoms with Crippen LogP contribution < -0.4 is 0 Å². The second kappa shape index (κ2) is 14.5. The SMILES string of the molecule is [N-]=[N+]=N/C(CO)=C(/OCc1ccccc1)C(CCOCc1ccccc1)OCc1ccccc1. The van der Waals surface area contributed by atoms with E-state index in [9.17, 15) is 5.11 Å². The quantitative estimate of drug-likeness (QED) is 0.107. The maximum atomic E-state index is 9.89. The van der Waals surface area contributed by atoms with Crippen LogP contribution in [0.5, 0.6) is 0 Å². The van der Waals surface area contributed by atoms with Gasteiger partial charge in [-0.05, 0) is 22.2 Å². The average Bonchev–Trinajstić information content (AvgIpc) is 2.90. The summed E-state index contributed by atoms with van der Waals surface area (Å²) in [6.45, 7) is 0.971. The van der Waals surface area contributed by atoms with Crippen molar-refractivity contribution < 1.29 is 19.3 Å². The van der Waals surface area contributed by atoms with Crippen LogP contribution in [0.2, 0.25) is 0 Å². The zero-order chi connectivity index (χ0) is 23.8. The van der Waals surface area contributed by atoms with Crippen LogP contribution in [-0.2, 0) is 34.0 Å². The Kier molecular flexibility index (Phi) is 10.7. The number of hydrogen-bond donors (Lipinski definition) is 1. The van der Waals surface area contributed by atoms with Crippen LogP contribution in [-0.4, -0.2) is 24.4 Å². The third-order valence-electron chi connectivity index (χ3n) is 5.06. The number of hydrogen-bond acceptors (Lipinski definition) is 5. The van der Waals surface area contributed by atoms with Gasteiger partial charge in [0, 0.05) is 17.9 Å². The lowest BCUT2D eigenvalue weighted by Crippen LogP contribution is -2.22. The normalized spacial score (nSPS) is 12.4. The Balaban J connectivity index is 1.76. The lowest BCUT2D eigenvalue weighted by atomic mass is 10.1. The number of ether oxygens (including phenoxy) is 3. The van der Waals surface area contributed by atoms with Gasteiger partial charge in [0.2, 0.25) is 0 Å². The number of aliphatic hydroxyl groups excluding tert-OH is 1. The first-order chi connectivity index (χ1) is 16.8. The van der Waals surface area contributed by atoms with E-state index in [1.165, 1.54) is 0 Å². The third kappa shape index (κ3) is 8.39. The van der Waals surface area contributed by atoms with E-state index in [1.54, 1.807) is 0 Å². The van der Waals surface area contributed by atoms with Gasteiger partial charge in [0.15, 0.2) is 0 Å². The van der Waals surface area contributed by atoms with Crippen molar-refractivity contribution in [2.75, 3.05) is 13.2 Å². The van der Waals surface area contributed by atoms with Crippen LogP contribution in [0.15, 0.2) is 108 Å². The van der Waals surface area contributed by atoms with Crippen molar-refractivity contribution in [3.8, 4) is 0 Å². The molecule has 1 N–H and O–H groups in total. The fourth-order valence-corrected chi connectivity index (χ4v) is 3.33. The highest BCUT2D eigenvalue weighted by atomic mass is 16.5. The molecule has 3 rings (SSSR count). The second-order valence-electron chi connectivity index (χ2n) is 7.54. The number of azide groups is 1. The summed E-state index contributed by atoms with van der Waals surface area (Å²) in [7, 11) is 0. The number of benzene rings is 3. The third-order valence-corrected chi connectivity index (χ3v) is 5.06. The molecule has 1 unspecified atom stereocenters. The van der Waals surface area contributed by atoms with Gasteiger partial charge in [-0.2, -0.15) is 0 Å². The van der Waals surface area contributed by atoms with E-state index in [-0.39, 0.29) is 12.3 Å². The van der Waals surface area contributed by atoms with Crippen molar-refractivity contribution >= 4 is 0 Å². The van der Waals surface area contributed by atoms with Gasteiger partial charge in [-0.25, -0.2) is 0 Å². The molecular formula is C27H29N3O4. The van der Waals surface area contributed by atoms with Crippen molar-refractivity contribution in [1.29, 1.82) is 0 Å². The fraction of sp³-hybridized carbons (Fsp3) is 0.259. The largest absolute Gasteiger partial charge is 0.490 e. The lowest BCUT2D eigenvalue weighted by molar-refractivity contribution is -0.00987. The van der Waals surface area contributed by atoms with Crippen LogP contribution in [0, 0.1) is 0 Å². The monoisotopic (exact) mass is 459 g/mol. The molecule has 0 heterocycles. The second-order valence-corrected chi connectivity index (χ2v) is 7.54. The van der Waals surface area contributed by atoms with Gasteiger partial charge < -0.3 is 19.3 Å². The van der Waals surface area contributed by atoms with Gasteiger partial charge in [0.1, 0.15) is 18.5 Å². The van der Waals surface area contributed by atoms with E-state index in [1.807, 2.05) is 91.0 Å². The fourth-order valence-electron chi connectivity index (χ4n) is 3.33. The standard InChI is InChI=1S/C27H29N3O4/c28-30-29-25(18-31)27(34-21-24-14-8-3-9-15-24)26(33-20-23-12-6-2-7-13-23)16-17-32-19-22-10-4-1-5-11-22/h1-15,26,31H,16-21H2/b27-25+. The predicted octanol–water partition coefficient (Wildman–Crippen LogP) is 5.91. The Morgan fingerprint density at radius 2 is 1.32 bits per heavy atom. The molecule has 0 amide bonds. The Morgan fingerprint density at radius 1 is 0.794 bits per heavy atom. The van der Waals surface area contributed by atoms with Crippen molar-refractivity contribution in [2.45, 2.75) is 32.3 Å². The van der Waals surface area contributed by atoms with Crippen LogP contribution in [0.1, 0.15) is 23.1 Å². The summed E-state index contributed by atoms with van der Waals surface area (Å²) in [5.74, 6) is 0.309. The van der Waals surface area contributed by atoms with Crippen LogP contribution in [0.4, 0.5) is 0 Å². The maximum absolute atomic E-state index is 9.89. The first kappa shape index (κ1) is 25.0. The van der Waals surface area contributed by atoms with Crippen LogP contribution in [0.3, 0.4) is 0 Å². The minimum Gasteiger partial charge on any atom is -0.490 e. The highest BCUT2D eigenvalue weighted by Crippen LogP contribution is 2.22. The topological polar surface area (TPSA) is 96.7 Å². The first-order valence-electron chi connectivity index (χ1n) is 11.1. The van der Waals surface area contributed by atoms with Crippen LogP contribution >= 0.6 is 0 Å². The predicted molar refractivity (Wildman–Crippen MR) is 130 cm³/mol. The summed E-state index contributed by atoms with van der Waals surface area (Å²) < 4.78 is 18.1. The molecule has 0 bridgehead atoms. The molecule has 176 valence electrons. The Bertz CT molecular complexity index is 1050. The van der Waals surface area contributed by atoms with Gasteiger partial charge >= 0.3 is 0 Å². The van der Waals surface area contributed by atoms with Crippen molar-refractivity contribution in [3.05, 3.63) is 130 Å². The summed E-state index contributed by atoms with van der Waals surface area (Å²) in [5.41, 5.74) is 12.1. The summed E-state index contributed by atoms with van der Waals surface area (Å²) in [5, 5.41) is 13.6. The minimum absolute atomic E-state index is 0.0968. The van der Waals surface area contributed by atoms with Crippen molar-refractivity contribution in [2.24, 2.45) is 5.11 Å². The first-order valence-corrected chi connectivity index (χ1v) is 11.1. The summed E-state index contributed by atoms with van der Waals surface area (Å²) in [4.78, 5) is 2.86. The minimum atomic E-state index is -0.577. The van der Waals surface area contributed by atoms with Crippen LogP contribution in [0.25, 0.3) is 10.4 Å². The number of nitrogens with zero attached hydrogens (tertiary/aromatic N) is 3. The average molecular weight is 460 g/mol. The molecule has 7 heteroatoms. The van der Waals surface area contributed by atoms with Crippen molar-refractivity contribution in [3.63, 3.8) is 0 Å².